The molecule has 0 spiro atoms. The van der Waals surface area contributed by atoms with Gasteiger partial charge < -0.3 is 19.1 Å². The van der Waals surface area contributed by atoms with Gasteiger partial charge in [0.05, 0.1) is 23.2 Å². The number of fused-ring (bicyclic) bond motifs is 1. The Hall–Kier alpha value is -4.84. The summed E-state index contributed by atoms with van der Waals surface area (Å²) in [6, 6.07) is 10.7. The normalized spacial score (nSPS) is 11.3. The van der Waals surface area contributed by atoms with E-state index < -0.39 is 58.8 Å². The molecule has 0 fully saturated rings. The molecule has 0 bridgehead atoms. The Kier molecular flexibility index (Phi) is 8.40. The first-order valence-corrected chi connectivity index (χ1v) is 13.0. The van der Waals surface area contributed by atoms with Crippen molar-refractivity contribution in [2.75, 3.05) is 13.7 Å². The minimum absolute atomic E-state index is 0.0281. The molecule has 2 aromatic heterocycles. The maximum Gasteiger partial charge on any atom is 0.335 e. The Morgan fingerprint density at radius 3 is 2.35 bits per heavy atom. The summed E-state index contributed by atoms with van der Waals surface area (Å²) in [7, 11) is 1.48. The van der Waals surface area contributed by atoms with Crippen LogP contribution in [0.3, 0.4) is 0 Å². The van der Waals surface area contributed by atoms with Crippen LogP contribution in [0.2, 0.25) is 0 Å². The van der Waals surface area contributed by atoms with E-state index in [1.807, 2.05) is 0 Å². The molecule has 43 heavy (non-hydrogen) atoms. The van der Waals surface area contributed by atoms with Gasteiger partial charge in [0.15, 0.2) is 11.6 Å². The summed E-state index contributed by atoms with van der Waals surface area (Å²) in [5.41, 5.74) is 0.304. The van der Waals surface area contributed by atoms with E-state index >= 15 is 8.78 Å². The van der Waals surface area contributed by atoms with Gasteiger partial charge >= 0.3 is 5.97 Å². The first kappa shape index (κ1) is 29.6. The quantitative estimate of drug-likeness (QED) is 0.182. The van der Waals surface area contributed by atoms with Gasteiger partial charge in [0, 0.05) is 37.3 Å². The van der Waals surface area contributed by atoms with Gasteiger partial charge in [-0.2, -0.15) is 0 Å². The van der Waals surface area contributed by atoms with E-state index in [1.54, 1.807) is 17.6 Å². The van der Waals surface area contributed by atoms with E-state index in [4.69, 9.17) is 9.47 Å². The molecule has 0 saturated carbocycles. The highest BCUT2D eigenvalue weighted by atomic mass is 19.1. The lowest BCUT2D eigenvalue weighted by Crippen LogP contribution is -2.10. The Bertz CT molecular complexity index is 1860. The van der Waals surface area contributed by atoms with Gasteiger partial charge in [-0.05, 0) is 54.4 Å². The van der Waals surface area contributed by atoms with E-state index in [-0.39, 0.29) is 36.3 Å². The van der Waals surface area contributed by atoms with Crippen LogP contribution in [0.1, 0.15) is 32.9 Å². The second kappa shape index (κ2) is 12.2. The molecule has 0 unspecified atom stereocenters. The molecule has 0 aliphatic rings. The van der Waals surface area contributed by atoms with Gasteiger partial charge in [-0.1, -0.05) is 12.1 Å². The zero-order valence-corrected chi connectivity index (χ0v) is 22.9. The molecule has 222 valence electrons. The van der Waals surface area contributed by atoms with E-state index in [1.165, 1.54) is 37.4 Å². The van der Waals surface area contributed by atoms with E-state index in [9.17, 15) is 23.1 Å². The topological polar surface area (TPSA) is 86.5 Å². The molecule has 0 aliphatic carbocycles. The lowest BCUT2D eigenvalue weighted by molar-refractivity contribution is 0.0697. The van der Waals surface area contributed by atoms with Crippen molar-refractivity contribution in [1.82, 2.24) is 14.5 Å². The fourth-order valence-corrected chi connectivity index (χ4v) is 4.60. The number of aromatic carboxylic acids is 1. The van der Waals surface area contributed by atoms with E-state index in [0.29, 0.717) is 28.5 Å². The van der Waals surface area contributed by atoms with Crippen LogP contribution in [0, 0.1) is 36.0 Å². The predicted octanol–water partition coefficient (Wildman–Crippen LogP) is 6.62. The summed E-state index contributed by atoms with van der Waals surface area (Å²) in [6.07, 6.45) is -0.195. The van der Waals surface area contributed by atoms with Crippen molar-refractivity contribution in [2.24, 2.45) is 0 Å². The van der Waals surface area contributed by atoms with Gasteiger partial charge in [-0.3, -0.25) is 0 Å². The van der Waals surface area contributed by atoms with Crippen molar-refractivity contribution in [3.05, 3.63) is 112 Å². The molecule has 7 nitrogen and oxygen atoms in total. The number of aryl methyl sites for hydroxylation is 1. The van der Waals surface area contributed by atoms with Crippen LogP contribution in [-0.4, -0.2) is 39.3 Å². The minimum atomic E-state index is -1.26. The lowest BCUT2D eigenvalue weighted by Gasteiger charge is -2.13. The third-order valence-corrected chi connectivity index (χ3v) is 6.80. The number of methoxy groups -OCH3 is 1. The number of benzene rings is 3. The van der Waals surface area contributed by atoms with Crippen LogP contribution in [0.25, 0.3) is 22.3 Å². The second-order valence-electron chi connectivity index (χ2n) is 9.77. The summed E-state index contributed by atoms with van der Waals surface area (Å²) >= 11 is 0. The Morgan fingerprint density at radius 2 is 1.63 bits per heavy atom. The van der Waals surface area contributed by atoms with Crippen LogP contribution in [0.5, 0.6) is 5.88 Å². The molecule has 3 aromatic carbocycles. The number of carboxylic acids is 1. The number of pyridine rings is 1. The molecule has 1 N–H and O–H groups in total. The second-order valence-corrected chi connectivity index (χ2v) is 9.77. The zero-order chi connectivity index (χ0) is 30.8. The van der Waals surface area contributed by atoms with Crippen molar-refractivity contribution in [1.29, 1.82) is 0 Å². The highest BCUT2D eigenvalue weighted by Gasteiger charge is 2.22. The monoisotopic (exact) mass is 597 g/mol. The standard InChI is InChI=1S/C31H24F5N3O4/c1-16-3-4-18(21(32)9-16)15-43-30-25(36)14-24(35)29(38-30)20-13-22(33)19(10-23(20)34)12-28-37-26-6-5-17(31(40)41)11-27(26)39(28)7-8-42-2/h3-6,9-11,13-14H,7-8,12,15H2,1-2H3,(H,40,41). The molecule has 0 aliphatic heterocycles. The maximum absolute atomic E-state index is 15.4. The van der Waals surface area contributed by atoms with Gasteiger partial charge in [0.2, 0.25) is 0 Å². The average Bonchev–Trinajstić information content (AvgIpc) is 3.30. The summed E-state index contributed by atoms with van der Waals surface area (Å²) in [6.45, 7) is 1.75. The van der Waals surface area contributed by atoms with Crippen LogP contribution < -0.4 is 4.74 Å². The Morgan fingerprint density at radius 1 is 0.860 bits per heavy atom. The molecule has 0 amide bonds. The number of hydrogen-bond acceptors (Lipinski definition) is 5. The molecule has 0 atom stereocenters. The highest BCUT2D eigenvalue weighted by molar-refractivity contribution is 5.92. The van der Waals surface area contributed by atoms with Crippen molar-refractivity contribution >= 4 is 17.0 Å². The number of rotatable bonds is 10. The van der Waals surface area contributed by atoms with Crippen LogP contribution >= 0.6 is 0 Å². The van der Waals surface area contributed by atoms with E-state index in [2.05, 4.69) is 9.97 Å². The van der Waals surface area contributed by atoms with Crippen LogP contribution in [0.15, 0.2) is 54.6 Å². The van der Waals surface area contributed by atoms with E-state index in [0.717, 1.165) is 12.1 Å². The number of hydrogen-bond donors (Lipinski definition) is 1. The van der Waals surface area contributed by atoms with Crippen molar-refractivity contribution in [3.8, 4) is 17.1 Å². The van der Waals surface area contributed by atoms with Crippen LogP contribution in [0.4, 0.5) is 22.0 Å². The number of aromatic nitrogens is 3. The first-order chi connectivity index (χ1) is 20.5. The Balaban J connectivity index is 1.47. The number of carbonyl (C=O) groups is 1. The summed E-state index contributed by atoms with van der Waals surface area (Å²) in [5.74, 6) is -6.55. The predicted molar refractivity (Wildman–Crippen MR) is 146 cm³/mol. The lowest BCUT2D eigenvalue weighted by atomic mass is 10.0. The highest BCUT2D eigenvalue weighted by Crippen LogP contribution is 2.31. The summed E-state index contributed by atoms with van der Waals surface area (Å²) in [4.78, 5) is 19.7. The largest absolute Gasteiger partial charge is 0.478 e. The van der Waals surface area contributed by atoms with Gasteiger partial charge in [0.25, 0.3) is 5.88 Å². The third-order valence-electron chi connectivity index (χ3n) is 6.80. The molecule has 0 radical (unpaired) electrons. The number of ether oxygens (including phenoxy) is 2. The van der Waals surface area contributed by atoms with Gasteiger partial charge in [-0.25, -0.2) is 36.7 Å². The fraction of sp³-hybridized carbons (Fsp3) is 0.194. The zero-order valence-electron chi connectivity index (χ0n) is 22.9. The van der Waals surface area contributed by atoms with Crippen molar-refractivity contribution in [2.45, 2.75) is 26.5 Å². The first-order valence-electron chi connectivity index (χ1n) is 13.0. The molecule has 2 heterocycles. The van der Waals surface area contributed by atoms with Crippen molar-refractivity contribution in [3.63, 3.8) is 0 Å². The van der Waals surface area contributed by atoms with Gasteiger partial charge in [0.1, 0.15) is 35.6 Å². The van der Waals surface area contributed by atoms with Crippen LogP contribution in [-0.2, 0) is 24.3 Å². The maximum atomic E-state index is 15.4. The molecular weight excluding hydrogens is 573 g/mol. The summed E-state index contributed by atoms with van der Waals surface area (Å²) < 4.78 is 86.1. The minimum Gasteiger partial charge on any atom is -0.478 e. The molecule has 5 aromatic rings. The molecular formula is C31H24F5N3O4. The fourth-order valence-electron chi connectivity index (χ4n) is 4.60. The Labute approximate surface area is 242 Å². The van der Waals surface area contributed by atoms with Crippen molar-refractivity contribution < 1.29 is 41.3 Å². The SMILES string of the molecule is COCCn1c(Cc2cc(F)c(-c3nc(OCc4ccc(C)cc4F)c(F)cc3F)cc2F)nc2ccc(C(=O)O)cc21. The van der Waals surface area contributed by atoms with Gasteiger partial charge in [-0.15, -0.1) is 0 Å². The smallest absolute Gasteiger partial charge is 0.335 e. The number of imidazole rings is 1. The number of halogens is 5. The number of nitrogens with zero attached hydrogens (tertiary/aromatic N) is 3. The molecule has 0 saturated heterocycles. The average molecular weight is 598 g/mol. The summed E-state index contributed by atoms with van der Waals surface area (Å²) in [5, 5.41) is 9.37. The molecule has 5 rings (SSSR count). The molecule has 12 heteroatoms. The number of carboxylic acid groups (broad SMARTS) is 1. The third kappa shape index (κ3) is 6.19.